The molecule has 5 rings (SSSR count). The Bertz CT molecular complexity index is 1010. The number of amides is 2. The van der Waals surface area contributed by atoms with E-state index in [9.17, 15) is 9.59 Å². The van der Waals surface area contributed by atoms with E-state index in [2.05, 4.69) is 15.3 Å². The van der Waals surface area contributed by atoms with Gasteiger partial charge in [0.2, 0.25) is 5.71 Å². The zero-order valence-corrected chi connectivity index (χ0v) is 11.7. The Kier molecular flexibility index (Phi) is 1.90. The molecule has 2 aliphatic heterocycles. The molecule has 0 fully saturated rings. The molecule has 2 aromatic rings. The van der Waals surface area contributed by atoms with Crippen LogP contribution in [0, 0.1) is 0 Å². The van der Waals surface area contributed by atoms with Crippen molar-refractivity contribution in [1.29, 1.82) is 0 Å². The topological polar surface area (TPSA) is 77.3 Å². The number of carbonyl (C=O) groups excluding carboxylic acids is 2. The third kappa shape index (κ3) is 1.17. The van der Waals surface area contributed by atoms with Gasteiger partial charge in [0.15, 0.2) is 6.04 Å². The Balaban J connectivity index is 1.96. The molecule has 3 heterocycles. The van der Waals surface area contributed by atoms with Gasteiger partial charge in [-0.1, -0.05) is 18.2 Å². The van der Waals surface area contributed by atoms with E-state index in [-0.39, 0.29) is 17.9 Å². The molecule has 1 aromatic carbocycles. The fraction of sp³-hybridized carbons (Fsp3) is 0.125. The molecule has 2 N–H and O–H groups in total. The lowest BCUT2D eigenvalue weighted by Crippen LogP contribution is -2.37. The number of rotatable bonds is 0. The zero-order chi connectivity index (χ0) is 15.0. The van der Waals surface area contributed by atoms with Crippen LogP contribution >= 0.6 is 0 Å². The normalized spacial score (nSPS) is 22.3. The lowest BCUT2D eigenvalue weighted by atomic mass is 9.84. The van der Waals surface area contributed by atoms with E-state index < -0.39 is 0 Å². The summed E-state index contributed by atoms with van der Waals surface area (Å²) in [6, 6.07) is 7.47. The SMILES string of the molecule is C[N+]1=CN=C2c3[nH]c4ccccc4c3C3=C(C(=O)NC3=O)C21. The second-order valence-corrected chi connectivity index (χ2v) is 5.69. The Hall–Kier alpha value is -3.02. The van der Waals surface area contributed by atoms with Gasteiger partial charge in [-0.3, -0.25) is 19.5 Å². The average molecular weight is 291 g/mol. The van der Waals surface area contributed by atoms with E-state index in [1.165, 1.54) is 0 Å². The number of carbonyl (C=O) groups is 2. The number of imide groups is 1. The van der Waals surface area contributed by atoms with E-state index in [1.54, 1.807) is 6.34 Å². The smallest absolute Gasteiger partial charge is 0.282 e. The minimum Gasteiger partial charge on any atom is -0.351 e. The summed E-state index contributed by atoms with van der Waals surface area (Å²) in [5, 5.41) is 3.36. The van der Waals surface area contributed by atoms with Crippen LogP contribution in [0.25, 0.3) is 16.5 Å². The third-order valence-electron chi connectivity index (χ3n) is 4.50. The number of likely N-dealkylation sites (N-methyl/N-ethyl adjacent to an activating group) is 1. The van der Waals surface area contributed by atoms with Crippen molar-refractivity contribution >= 4 is 40.3 Å². The van der Waals surface area contributed by atoms with Crippen molar-refractivity contribution in [3.8, 4) is 0 Å². The standard InChI is InChI=1S/C16H10N4O2/c1-20-6-17-13-12-9(7-4-2-3-5-8(7)18-12)10-11(14(13)20)16(22)19-15(10)21/h2-6,14H,1H3,(H,19,21,22)/p+1. The number of fused-ring (bicyclic) bond motifs is 7. The second kappa shape index (κ2) is 3.59. The highest BCUT2D eigenvalue weighted by atomic mass is 16.2. The van der Waals surface area contributed by atoms with Crippen molar-refractivity contribution in [2.45, 2.75) is 6.04 Å². The van der Waals surface area contributed by atoms with Gasteiger partial charge in [-0.15, -0.1) is 0 Å². The summed E-state index contributed by atoms with van der Waals surface area (Å²) in [5.41, 5.74) is 4.31. The van der Waals surface area contributed by atoms with Crippen molar-refractivity contribution in [2.75, 3.05) is 7.05 Å². The van der Waals surface area contributed by atoms with Crippen LogP contribution in [-0.4, -0.2) is 46.5 Å². The Morgan fingerprint density at radius 3 is 2.86 bits per heavy atom. The molecular formula is C16H11N4O2+. The maximum absolute atomic E-state index is 12.3. The van der Waals surface area contributed by atoms with E-state index in [0.717, 1.165) is 27.9 Å². The second-order valence-electron chi connectivity index (χ2n) is 5.69. The molecular weight excluding hydrogens is 280 g/mol. The molecule has 0 saturated heterocycles. The quantitative estimate of drug-likeness (QED) is 0.545. The van der Waals surface area contributed by atoms with Gasteiger partial charge < -0.3 is 4.98 Å². The molecule has 6 heteroatoms. The molecule has 0 bridgehead atoms. The number of hydrogen-bond donors (Lipinski definition) is 2. The van der Waals surface area contributed by atoms with Crippen molar-refractivity contribution in [1.82, 2.24) is 10.3 Å². The first kappa shape index (κ1) is 11.6. The van der Waals surface area contributed by atoms with Gasteiger partial charge in [-0.25, -0.2) is 0 Å². The van der Waals surface area contributed by atoms with Gasteiger partial charge >= 0.3 is 0 Å². The predicted molar refractivity (Wildman–Crippen MR) is 80.9 cm³/mol. The molecule has 0 saturated carbocycles. The van der Waals surface area contributed by atoms with Gasteiger partial charge in [0.05, 0.1) is 23.9 Å². The minimum atomic E-state index is -0.328. The summed E-state index contributed by atoms with van der Waals surface area (Å²) in [5.74, 6) is -0.652. The van der Waals surface area contributed by atoms with Crippen LogP contribution in [0.2, 0.25) is 0 Å². The number of benzene rings is 1. The van der Waals surface area contributed by atoms with Crippen molar-refractivity contribution in [3.63, 3.8) is 0 Å². The number of H-pyrrole nitrogens is 1. The summed E-state index contributed by atoms with van der Waals surface area (Å²) < 4.78 is 1.86. The number of aliphatic imine (C=N–C) groups is 1. The lowest BCUT2D eigenvalue weighted by molar-refractivity contribution is -0.501. The van der Waals surface area contributed by atoms with Gasteiger partial charge in [-0.2, -0.15) is 0 Å². The molecule has 3 aliphatic rings. The fourth-order valence-corrected chi connectivity index (χ4v) is 3.60. The lowest BCUT2D eigenvalue weighted by Gasteiger charge is -2.17. The first-order chi connectivity index (χ1) is 10.7. The minimum absolute atomic E-state index is 0.304. The van der Waals surface area contributed by atoms with Gasteiger partial charge in [0, 0.05) is 16.5 Å². The molecule has 22 heavy (non-hydrogen) atoms. The maximum atomic E-state index is 12.3. The number of hydrogen-bond acceptors (Lipinski definition) is 3. The predicted octanol–water partition coefficient (Wildman–Crippen LogP) is 0.433. The molecule has 1 aliphatic carbocycles. The largest absolute Gasteiger partial charge is 0.351 e. The fourth-order valence-electron chi connectivity index (χ4n) is 3.60. The number of aromatic nitrogens is 1. The maximum Gasteiger partial charge on any atom is 0.282 e. The average Bonchev–Trinajstić information content (AvgIpc) is 3.14. The highest BCUT2D eigenvalue weighted by molar-refractivity contribution is 6.42. The Morgan fingerprint density at radius 2 is 2.00 bits per heavy atom. The van der Waals surface area contributed by atoms with E-state index in [4.69, 9.17) is 0 Å². The molecule has 1 atom stereocenters. The number of aromatic amines is 1. The van der Waals surface area contributed by atoms with Crippen molar-refractivity contribution in [2.24, 2.45) is 4.99 Å². The van der Waals surface area contributed by atoms with Crippen LogP contribution in [0.5, 0.6) is 0 Å². The van der Waals surface area contributed by atoms with Crippen LogP contribution in [0.1, 0.15) is 11.3 Å². The highest BCUT2D eigenvalue weighted by Crippen LogP contribution is 2.40. The summed E-state index contributed by atoms with van der Waals surface area (Å²) in [7, 11) is 1.86. The van der Waals surface area contributed by atoms with Gasteiger partial charge in [-0.05, 0) is 11.1 Å². The first-order valence-electron chi connectivity index (χ1n) is 7.01. The van der Waals surface area contributed by atoms with E-state index in [1.807, 2.05) is 35.9 Å². The highest BCUT2D eigenvalue weighted by Gasteiger charge is 2.51. The van der Waals surface area contributed by atoms with Crippen LogP contribution in [0.4, 0.5) is 0 Å². The summed E-state index contributed by atoms with van der Waals surface area (Å²) in [4.78, 5) is 32.4. The molecule has 106 valence electrons. The van der Waals surface area contributed by atoms with Crippen molar-refractivity contribution in [3.05, 3.63) is 41.1 Å². The molecule has 6 nitrogen and oxygen atoms in total. The third-order valence-corrected chi connectivity index (χ3v) is 4.50. The number of nitrogens with one attached hydrogen (secondary N) is 2. The van der Waals surface area contributed by atoms with Gasteiger partial charge in [0.1, 0.15) is 0 Å². The molecule has 0 radical (unpaired) electrons. The molecule has 1 unspecified atom stereocenters. The Labute approximate surface area is 124 Å². The summed E-state index contributed by atoms with van der Waals surface area (Å²) in [6.45, 7) is 0. The van der Waals surface area contributed by atoms with E-state index in [0.29, 0.717) is 11.1 Å². The molecule has 1 aromatic heterocycles. The Morgan fingerprint density at radius 1 is 1.18 bits per heavy atom. The molecule has 0 spiro atoms. The molecule has 2 amide bonds. The van der Waals surface area contributed by atoms with E-state index >= 15 is 0 Å². The van der Waals surface area contributed by atoms with Crippen molar-refractivity contribution < 1.29 is 14.2 Å². The van der Waals surface area contributed by atoms with Gasteiger partial charge in [0.25, 0.3) is 18.2 Å². The summed E-state index contributed by atoms with van der Waals surface area (Å²) >= 11 is 0. The van der Waals surface area contributed by atoms with Crippen LogP contribution in [0.15, 0.2) is 34.8 Å². The number of para-hydroxylation sites is 1. The van der Waals surface area contributed by atoms with Crippen LogP contribution in [-0.2, 0) is 9.59 Å². The number of nitrogens with zero attached hydrogens (tertiary/aromatic N) is 2. The monoisotopic (exact) mass is 291 g/mol. The van der Waals surface area contributed by atoms with Crippen LogP contribution in [0.3, 0.4) is 0 Å². The zero-order valence-electron chi connectivity index (χ0n) is 11.7. The first-order valence-corrected chi connectivity index (χ1v) is 7.01. The summed E-state index contributed by atoms with van der Waals surface area (Å²) in [6.07, 6.45) is 1.70. The van der Waals surface area contributed by atoms with Crippen LogP contribution < -0.4 is 5.32 Å².